The molecule has 4 heteroatoms. The third-order valence-electron chi connectivity index (χ3n) is 1.22. The largest absolute Gasteiger partial charge is 0.481 e. The van der Waals surface area contributed by atoms with Gasteiger partial charge in [0, 0.05) is 20.3 Å². The Balaban J connectivity index is 2.85. The van der Waals surface area contributed by atoms with Gasteiger partial charge in [0.25, 0.3) is 0 Å². The van der Waals surface area contributed by atoms with E-state index in [1.807, 2.05) is 0 Å². The quantitative estimate of drug-likeness (QED) is 0.519. The molecular weight excluding hydrogens is 146 g/mol. The molecule has 0 aliphatic carbocycles. The van der Waals surface area contributed by atoms with Crippen LogP contribution in [0.25, 0.3) is 0 Å². The molecule has 0 aliphatic heterocycles. The number of ether oxygens (including phenoxy) is 1. The van der Waals surface area contributed by atoms with E-state index >= 15 is 0 Å². The SMILES string of the molecule is COCCCNCCC(=O)O. The van der Waals surface area contributed by atoms with Crippen molar-refractivity contribution in [3.8, 4) is 0 Å². The first-order chi connectivity index (χ1) is 5.27. The van der Waals surface area contributed by atoms with Crippen LogP contribution in [0.1, 0.15) is 12.8 Å². The van der Waals surface area contributed by atoms with Gasteiger partial charge in [0.2, 0.25) is 0 Å². The van der Waals surface area contributed by atoms with E-state index in [4.69, 9.17) is 9.84 Å². The molecule has 0 saturated carbocycles. The second-order valence-electron chi connectivity index (χ2n) is 2.24. The highest BCUT2D eigenvalue weighted by Gasteiger charge is 1.94. The predicted molar refractivity (Wildman–Crippen MR) is 41.6 cm³/mol. The molecule has 2 N–H and O–H groups in total. The van der Waals surface area contributed by atoms with Gasteiger partial charge in [-0.15, -0.1) is 0 Å². The van der Waals surface area contributed by atoms with Crippen molar-refractivity contribution < 1.29 is 14.6 Å². The van der Waals surface area contributed by atoms with Crippen LogP contribution in [0.3, 0.4) is 0 Å². The zero-order chi connectivity index (χ0) is 8.53. The van der Waals surface area contributed by atoms with E-state index in [0.29, 0.717) is 6.54 Å². The average molecular weight is 161 g/mol. The highest BCUT2D eigenvalue weighted by atomic mass is 16.5. The van der Waals surface area contributed by atoms with Crippen molar-refractivity contribution in [1.82, 2.24) is 5.32 Å². The first-order valence-electron chi connectivity index (χ1n) is 3.69. The maximum absolute atomic E-state index is 10.0. The second-order valence-corrected chi connectivity index (χ2v) is 2.24. The summed E-state index contributed by atoms with van der Waals surface area (Å²) >= 11 is 0. The number of nitrogens with one attached hydrogen (secondary N) is 1. The van der Waals surface area contributed by atoms with Gasteiger partial charge in [0.1, 0.15) is 0 Å². The van der Waals surface area contributed by atoms with Crippen molar-refractivity contribution >= 4 is 5.97 Å². The fraction of sp³-hybridized carbons (Fsp3) is 0.857. The minimum Gasteiger partial charge on any atom is -0.481 e. The smallest absolute Gasteiger partial charge is 0.304 e. The summed E-state index contributed by atoms with van der Waals surface area (Å²) in [5.74, 6) is -0.760. The van der Waals surface area contributed by atoms with Crippen LogP contribution >= 0.6 is 0 Å². The number of hydrogen-bond acceptors (Lipinski definition) is 3. The molecule has 0 fully saturated rings. The maximum atomic E-state index is 10.0. The molecular formula is C7H15NO3. The Bertz CT molecular complexity index is 106. The lowest BCUT2D eigenvalue weighted by atomic mass is 10.4. The van der Waals surface area contributed by atoms with E-state index in [0.717, 1.165) is 19.6 Å². The molecule has 0 aromatic heterocycles. The zero-order valence-corrected chi connectivity index (χ0v) is 6.80. The number of carboxylic acids is 1. The van der Waals surface area contributed by atoms with Crippen LogP contribution in [0, 0.1) is 0 Å². The number of carbonyl (C=O) groups is 1. The standard InChI is InChI=1S/C7H15NO3/c1-11-6-2-4-8-5-3-7(9)10/h8H,2-6H2,1H3,(H,9,10). The van der Waals surface area contributed by atoms with E-state index in [9.17, 15) is 4.79 Å². The highest BCUT2D eigenvalue weighted by Crippen LogP contribution is 1.79. The lowest BCUT2D eigenvalue weighted by Gasteiger charge is -2.00. The van der Waals surface area contributed by atoms with Gasteiger partial charge in [-0.25, -0.2) is 0 Å². The molecule has 4 nitrogen and oxygen atoms in total. The molecule has 0 aromatic rings. The summed E-state index contributed by atoms with van der Waals surface area (Å²) in [7, 11) is 1.65. The Kier molecular flexibility index (Phi) is 7.08. The number of hydrogen-bond donors (Lipinski definition) is 2. The summed E-state index contributed by atoms with van der Waals surface area (Å²) in [6, 6.07) is 0. The highest BCUT2D eigenvalue weighted by molar-refractivity contribution is 5.66. The third kappa shape index (κ3) is 9.39. The Labute approximate surface area is 66.5 Å². The molecule has 0 unspecified atom stereocenters. The summed E-state index contributed by atoms with van der Waals surface area (Å²) in [6.45, 7) is 2.08. The normalized spacial score (nSPS) is 9.91. The topological polar surface area (TPSA) is 58.6 Å². The lowest BCUT2D eigenvalue weighted by molar-refractivity contribution is -0.136. The molecule has 0 bridgehead atoms. The van der Waals surface area contributed by atoms with Crippen molar-refractivity contribution in [2.45, 2.75) is 12.8 Å². The molecule has 0 heterocycles. The fourth-order valence-electron chi connectivity index (χ4n) is 0.662. The van der Waals surface area contributed by atoms with Crippen molar-refractivity contribution in [3.63, 3.8) is 0 Å². The van der Waals surface area contributed by atoms with E-state index in [-0.39, 0.29) is 6.42 Å². The molecule has 0 amide bonds. The number of carboxylic acid groups (broad SMARTS) is 1. The van der Waals surface area contributed by atoms with Crippen LogP contribution in [0.15, 0.2) is 0 Å². The van der Waals surface area contributed by atoms with Crippen molar-refractivity contribution in [2.75, 3.05) is 26.8 Å². The Morgan fingerprint density at radius 2 is 2.27 bits per heavy atom. The first-order valence-corrected chi connectivity index (χ1v) is 3.69. The molecule has 0 spiro atoms. The van der Waals surface area contributed by atoms with Crippen LogP contribution in [0.2, 0.25) is 0 Å². The van der Waals surface area contributed by atoms with Gasteiger partial charge >= 0.3 is 5.97 Å². The fourth-order valence-corrected chi connectivity index (χ4v) is 0.662. The van der Waals surface area contributed by atoms with Crippen LogP contribution in [0.4, 0.5) is 0 Å². The van der Waals surface area contributed by atoms with E-state index in [1.165, 1.54) is 0 Å². The Morgan fingerprint density at radius 3 is 2.82 bits per heavy atom. The van der Waals surface area contributed by atoms with Crippen LogP contribution in [0.5, 0.6) is 0 Å². The van der Waals surface area contributed by atoms with Gasteiger partial charge in [0.05, 0.1) is 6.42 Å². The molecule has 0 radical (unpaired) electrons. The Hall–Kier alpha value is -0.610. The van der Waals surface area contributed by atoms with Gasteiger partial charge in [-0.1, -0.05) is 0 Å². The van der Waals surface area contributed by atoms with E-state index < -0.39 is 5.97 Å². The maximum Gasteiger partial charge on any atom is 0.304 e. The van der Waals surface area contributed by atoms with Gasteiger partial charge in [-0.2, -0.15) is 0 Å². The minimum atomic E-state index is -0.760. The van der Waals surface area contributed by atoms with Crippen LogP contribution in [-0.2, 0) is 9.53 Å². The average Bonchev–Trinajstić information content (AvgIpc) is 1.96. The predicted octanol–water partition coefficient (Wildman–Crippen LogP) is 0.0872. The molecule has 0 rings (SSSR count). The van der Waals surface area contributed by atoms with Gasteiger partial charge in [0.15, 0.2) is 0 Å². The van der Waals surface area contributed by atoms with Gasteiger partial charge in [-0.05, 0) is 13.0 Å². The summed E-state index contributed by atoms with van der Waals surface area (Å²) in [6.07, 6.45) is 1.11. The third-order valence-corrected chi connectivity index (χ3v) is 1.22. The summed E-state index contributed by atoms with van der Waals surface area (Å²) in [5, 5.41) is 11.2. The van der Waals surface area contributed by atoms with E-state index in [2.05, 4.69) is 5.32 Å². The molecule has 66 valence electrons. The number of rotatable bonds is 7. The molecule has 0 aliphatic rings. The molecule has 11 heavy (non-hydrogen) atoms. The van der Waals surface area contributed by atoms with Gasteiger partial charge < -0.3 is 15.2 Å². The van der Waals surface area contributed by atoms with Gasteiger partial charge in [-0.3, -0.25) is 4.79 Å². The second kappa shape index (κ2) is 7.50. The van der Waals surface area contributed by atoms with E-state index in [1.54, 1.807) is 7.11 Å². The van der Waals surface area contributed by atoms with Crippen LogP contribution in [-0.4, -0.2) is 37.9 Å². The summed E-state index contributed by atoms with van der Waals surface area (Å²) < 4.78 is 4.81. The van der Waals surface area contributed by atoms with Crippen molar-refractivity contribution in [2.24, 2.45) is 0 Å². The monoisotopic (exact) mass is 161 g/mol. The number of aliphatic carboxylic acids is 1. The van der Waals surface area contributed by atoms with Crippen molar-refractivity contribution in [3.05, 3.63) is 0 Å². The van der Waals surface area contributed by atoms with Crippen LogP contribution < -0.4 is 5.32 Å². The minimum absolute atomic E-state index is 0.187. The summed E-state index contributed by atoms with van der Waals surface area (Å²) in [4.78, 5) is 10.0. The Morgan fingerprint density at radius 1 is 1.55 bits per heavy atom. The lowest BCUT2D eigenvalue weighted by Crippen LogP contribution is -2.20. The first kappa shape index (κ1) is 10.4. The van der Waals surface area contributed by atoms with Crippen molar-refractivity contribution in [1.29, 1.82) is 0 Å². The number of methoxy groups -OCH3 is 1. The molecule has 0 atom stereocenters. The molecule has 0 saturated heterocycles. The zero-order valence-electron chi connectivity index (χ0n) is 6.80. The summed E-state index contributed by atoms with van der Waals surface area (Å²) in [5.41, 5.74) is 0. The molecule has 0 aromatic carbocycles.